The molecule has 0 aliphatic carbocycles. The van der Waals surface area contributed by atoms with Crippen LogP contribution in [0, 0.1) is 5.92 Å². The van der Waals surface area contributed by atoms with E-state index in [-0.39, 0.29) is 5.97 Å². The predicted octanol–water partition coefficient (Wildman–Crippen LogP) is 2.69. The zero-order chi connectivity index (χ0) is 18.9. The summed E-state index contributed by atoms with van der Waals surface area (Å²) < 4.78 is 23.4. The Balaban J connectivity index is 2.85. The fourth-order valence-corrected chi connectivity index (χ4v) is 8.29. The Labute approximate surface area is 153 Å². The van der Waals surface area contributed by atoms with Gasteiger partial charge in [0.15, 0.2) is 0 Å². The van der Waals surface area contributed by atoms with Crippen molar-refractivity contribution in [1.82, 2.24) is 0 Å². The van der Waals surface area contributed by atoms with Gasteiger partial charge in [0.05, 0.1) is 6.61 Å². The summed E-state index contributed by atoms with van der Waals surface area (Å²) in [6, 6.07) is 0.930. The van der Waals surface area contributed by atoms with Crippen LogP contribution in [-0.2, 0) is 23.1 Å². The van der Waals surface area contributed by atoms with Crippen LogP contribution in [0.3, 0.4) is 0 Å². The number of ether oxygens (including phenoxy) is 2. The molecule has 25 heavy (non-hydrogen) atoms. The largest absolute Gasteiger partial charge is 0.462 e. The van der Waals surface area contributed by atoms with Crippen LogP contribution in [0.5, 0.6) is 0 Å². The second-order valence-electron chi connectivity index (χ2n) is 6.79. The van der Waals surface area contributed by atoms with Crippen LogP contribution in [-0.4, -0.2) is 54.2 Å². The zero-order valence-electron chi connectivity index (χ0n) is 16.3. The summed E-state index contributed by atoms with van der Waals surface area (Å²) in [5.74, 6) is -0.0183. The molecular formula is C18H35NO5Si. The van der Waals surface area contributed by atoms with E-state index in [1.54, 1.807) is 28.3 Å². The van der Waals surface area contributed by atoms with Gasteiger partial charge in [-0.1, -0.05) is 13.0 Å². The van der Waals surface area contributed by atoms with Gasteiger partial charge < -0.3 is 24.1 Å². The SMILES string of the molecule is C=C(C)C(=O)OCCCC1CCC[Si](OC)(OC)C1(CCCN)OC. The van der Waals surface area contributed by atoms with Crippen molar-refractivity contribution in [1.29, 1.82) is 0 Å². The third-order valence-corrected chi connectivity index (χ3v) is 9.90. The smallest absolute Gasteiger partial charge is 0.371 e. The molecule has 2 atom stereocenters. The topological polar surface area (TPSA) is 80.0 Å². The number of hydrogen-bond donors (Lipinski definition) is 1. The summed E-state index contributed by atoms with van der Waals surface area (Å²) in [7, 11) is 2.73. The van der Waals surface area contributed by atoms with E-state index < -0.39 is 13.8 Å². The Hall–Kier alpha value is -0.733. The Morgan fingerprint density at radius 3 is 2.48 bits per heavy atom. The minimum absolute atomic E-state index is 0.313. The standard InChI is InChI=1S/C18H35NO5Si/c1-15(2)17(20)24-13-6-9-16-10-7-14-25(22-4,23-5)18(16,21-3)11-8-12-19/h16H,1,6-14,19H2,2-5H3. The van der Waals surface area contributed by atoms with Crippen molar-refractivity contribution in [3.05, 3.63) is 12.2 Å². The summed E-state index contributed by atoms with van der Waals surface area (Å²) >= 11 is 0. The van der Waals surface area contributed by atoms with Crippen LogP contribution in [0.1, 0.15) is 45.4 Å². The molecule has 0 bridgehead atoms. The maximum Gasteiger partial charge on any atom is 0.371 e. The Morgan fingerprint density at radius 1 is 1.28 bits per heavy atom. The third kappa shape index (κ3) is 4.92. The molecule has 7 heteroatoms. The van der Waals surface area contributed by atoms with Gasteiger partial charge in [-0.15, -0.1) is 0 Å². The van der Waals surface area contributed by atoms with Crippen LogP contribution in [0.2, 0.25) is 6.04 Å². The fraction of sp³-hybridized carbons (Fsp3) is 0.833. The average Bonchev–Trinajstić information content (AvgIpc) is 2.63. The van der Waals surface area contributed by atoms with Crippen LogP contribution >= 0.6 is 0 Å². The molecule has 1 saturated heterocycles. The van der Waals surface area contributed by atoms with Gasteiger partial charge in [-0.05, 0) is 57.5 Å². The van der Waals surface area contributed by atoms with Crippen LogP contribution in [0.15, 0.2) is 12.2 Å². The molecule has 0 saturated carbocycles. The lowest BCUT2D eigenvalue weighted by molar-refractivity contribution is -0.139. The molecule has 6 nitrogen and oxygen atoms in total. The number of rotatable bonds is 11. The average molecular weight is 374 g/mol. The number of esters is 1. The number of carbonyl (C=O) groups is 1. The monoisotopic (exact) mass is 373 g/mol. The highest BCUT2D eigenvalue weighted by Gasteiger charge is 2.62. The van der Waals surface area contributed by atoms with Gasteiger partial charge in [-0.3, -0.25) is 0 Å². The van der Waals surface area contributed by atoms with Crippen molar-refractivity contribution in [2.24, 2.45) is 11.7 Å². The van der Waals surface area contributed by atoms with E-state index in [0.717, 1.165) is 44.6 Å². The van der Waals surface area contributed by atoms with Crippen molar-refractivity contribution < 1.29 is 23.1 Å². The number of nitrogens with two attached hydrogens (primary N) is 1. The molecule has 0 spiro atoms. The molecule has 1 heterocycles. The lowest BCUT2D eigenvalue weighted by Gasteiger charge is -2.52. The maximum atomic E-state index is 11.5. The molecule has 0 aromatic rings. The highest BCUT2D eigenvalue weighted by molar-refractivity contribution is 6.70. The first-order valence-electron chi connectivity index (χ1n) is 9.11. The Morgan fingerprint density at radius 2 is 1.96 bits per heavy atom. The first-order valence-corrected chi connectivity index (χ1v) is 11.1. The number of carbonyl (C=O) groups excluding carboxylic acids is 1. The van der Waals surface area contributed by atoms with Gasteiger partial charge in [0, 0.05) is 26.9 Å². The minimum Gasteiger partial charge on any atom is -0.462 e. The molecule has 0 radical (unpaired) electrons. The van der Waals surface area contributed by atoms with Crippen LogP contribution in [0.25, 0.3) is 0 Å². The van der Waals surface area contributed by atoms with E-state index in [1.165, 1.54) is 0 Å². The molecule has 0 amide bonds. The van der Waals surface area contributed by atoms with E-state index in [4.69, 9.17) is 24.1 Å². The summed E-state index contributed by atoms with van der Waals surface area (Å²) in [5, 5.41) is -0.410. The van der Waals surface area contributed by atoms with E-state index in [0.29, 0.717) is 24.6 Å². The van der Waals surface area contributed by atoms with E-state index in [2.05, 4.69) is 6.58 Å². The molecule has 1 fully saturated rings. The molecule has 1 rings (SSSR count). The van der Waals surface area contributed by atoms with Gasteiger partial charge >= 0.3 is 14.5 Å². The first kappa shape index (κ1) is 22.3. The van der Waals surface area contributed by atoms with Crippen molar-refractivity contribution >= 4 is 14.5 Å². The molecule has 1 aliphatic rings. The fourth-order valence-electron chi connectivity index (χ4n) is 4.15. The Bertz CT molecular complexity index is 441. The maximum absolute atomic E-state index is 11.5. The van der Waals surface area contributed by atoms with Crippen molar-refractivity contribution in [3.8, 4) is 0 Å². The van der Waals surface area contributed by atoms with E-state index in [1.807, 2.05) is 0 Å². The van der Waals surface area contributed by atoms with Crippen molar-refractivity contribution in [2.75, 3.05) is 34.5 Å². The minimum atomic E-state index is -2.51. The van der Waals surface area contributed by atoms with Crippen LogP contribution in [0.4, 0.5) is 0 Å². The lowest BCUT2D eigenvalue weighted by Crippen LogP contribution is -2.68. The van der Waals surface area contributed by atoms with Crippen molar-refractivity contribution in [2.45, 2.75) is 56.7 Å². The molecule has 2 unspecified atom stereocenters. The molecule has 2 N–H and O–H groups in total. The quantitative estimate of drug-likeness (QED) is 0.260. The van der Waals surface area contributed by atoms with Gasteiger partial charge in [0.1, 0.15) is 5.22 Å². The van der Waals surface area contributed by atoms with Gasteiger partial charge in [0.25, 0.3) is 0 Å². The van der Waals surface area contributed by atoms with Gasteiger partial charge in [-0.2, -0.15) is 0 Å². The zero-order valence-corrected chi connectivity index (χ0v) is 17.3. The number of methoxy groups -OCH3 is 1. The second-order valence-corrected chi connectivity index (χ2v) is 10.5. The van der Waals surface area contributed by atoms with Crippen LogP contribution < -0.4 is 5.73 Å². The van der Waals surface area contributed by atoms with Crippen molar-refractivity contribution in [3.63, 3.8) is 0 Å². The highest BCUT2D eigenvalue weighted by atomic mass is 28.4. The highest BCUT2D eigenvalue weighted by Crippen LogP contribution is 2.48. The van der Waals surface area contributed by atoms with E-state index in [9.17, 15) is 4.79 Å². The Kier molecular flexibility index (Phi) is 9.30. The van der Waals surface area contributed by atoms with E-state index >= 15 is 0 Å². The molecular weight excluding hydrogens is 338 g/mol. The molecule has 0 aromatic heterocycles. The summed E-state index contributed by atoms with van der Waals surface area (Å²) in [6.45, 7) is 6.27. The molecule has 1 aliphatic heterocycles. The predicted molar refractivity (Wildman–Crippen MR) is 100 cm³/mol. The molecule has 0 aromatic carbocycles. The number of hydrogen-bond acceptors (Lipinski definition) is 6. The summed E-state index contributed by atoms with van der Waals surface area (Å²) in [4.78, 5) is 11.5. The summed E-state index contributed by atoms with van der Waals surface area (Å²) in [6.07, 6.45) is 5.53. The third-order valence-electron chi connectivity index (χ3n) is 5.42. The first-order chi connectivity index (χ1) is 11.9. The summed E-state index contributed by atoms with van der Waals surface area (Å²) in [5.41, 5.74) is 6.20. The lowest BCUT2D eigenvalue weighted by atomic mass is 9.88. The molecule has 146 valence electrons. The normalized spacial score (nSPS) is 25.6. The van der Waals surface area contributed by atoms with Gasteiger partial charge in [-0.25, -0.2) is 4.79 Å². The van der Waals surface area contributed by atoms with Gasteiger partial charge in [0.2, 0.25) is 0 Å². The second kappa shape index (κ2) is 10.4.